The van der Waals surface area contributed by atoms with Crippen LogP contribution in [-0.4, -0.2) is 30.9 Å². The van der Waals surface area contributed by atoms with Crippen molar-refractivity contribution in [2.45, 2.75) is 13.8 Å². The Kier molecular flexibility index (Phi) is 4.28. The van der Waals surface area contributed by atoms with E-state index in [0.29, 0.717) is 18.7 Å². The molecule has 0 spiro atoms. The zero-order chi connectivity index (χ0) is 12.1. The van der Waals surface area contributed by atoms with E-state index in [9.17, 15) is 9.18 Å². The van der Waals surface area contributed by atoms with E-state index in [4.69, 9.17) is 0 Å². The fourth-order valence-electron chi connectivity index (χ4n) is 1.41. The van der Waals surface area contributed by atoms with Crippen LogP contribution in [0.4, 0.5) is 10.1 Å². The lowest BCUT2D eigenvalue weighted by Gasteiger charge is -2.17. The second-order valence-electron chi connectivity index (χ2n) is 3.51. The molecule has 88 valence electrons. The Morgan fingerprint density at radius 1 is 1.44 bits per heavy atom. The second-order valence-corrected chi connectivity index (χ2v) is 3.51. The van der Waals surface area contributed by atoms with Gasteiger partial charge in [0.2, 0.25) is 0 Å². The number of rotatable bonds is 4. The molecule has 1 aromatic carbocycles. The molecule has 0 fully saturated rings. The van der Waals surface area contributed by atoms with Gasteiger partial charge < -0.3 is 10.2 Å². The molecule has 1 amide bonds. The molecule has 1 rings (SSSR count). The third-order valence-electron chi connectivity index (χ3n) is 2.42. The van der Waals surface area contributed by atoms with E-state index in [2.05, 4.69) is 5.32 Å². The summed E-state index contributed by atoms with van der Waals surface area (Å²) in [7, 11) is 1.70. The first kappa shape index (κ1) is 12.5. The molecule has 0 aromatic heterocycles. The molecule has 0 saturated carbocycles. The highest BCUT2D eigenvalue weighted by Gasteiger charge is 2.16. The number of benzene rings is 1. The van der Waals surface area contributed by atoms with Gasteiger partial charge in [0, 0.05) is 20.1 Å². The summed E-state index contributed by atoms with van der Waals surface area (Å²) in [6.45, 7) is 4.92. The Hall–Kier alpha value is -1.58. The highest BCUT2D eigenvalue weighted by atomic mass is 19.1. The molecule has 1 aromatic rings. The predicted octanol–water partition coefficient (Wildman–Crippen LogP) is 2.35. The summed E-state index contributed by atoms with van der Waals surface area (Å²) in [5, 5.41) is 2.88. The number of hydrogen-bond donors (Lipinski definition) is 1. The Morgan fingerprint density at radius 3 is 2.69 bits per heavy atom. The average molecular weight is 224 g/mol. The van der Waals surface area contributed by atoms with E-state index in [1.165, 1.54) is 6.07 Å². The molecule has 0 aliphatic rings. The molecular weight excluding hydrogens is 207 g/mol. The van der Waals surface area contributed by atoms with E-state index >= 15 is 0 Å². The average Bonchev–Trinajstić information content (AvgIpc) is 2.30. The smallest absolute Gasteiger partial charge is 0.255 e. The van der Waals surface area contributed by atoms with Crippen LogP contribution in [0.5, 0.6) is 0 Å². The summed E-state index contributed by atoms with van der Waals surface area (Å²) in [6.07, 6.45) is 0. The Balaban J connectivity index is 3.12. The van der Waals surface area contributed by atoms with Gasteiger partial charge in [-0.3, -0.25) is 4.79 Å². The minimum atomic E-state index is -0.391. The fraction of sp³-hybridized carbons (Fsp3) is 0.417. The molecule has 0 radical (unpaired) electrons. The van der Waals surface area contributed by atoms with Crippen LogP contribution in [-0.2, 0) is 0 Å². The van der Waals surface area contributed by atoms with Gasteiger partial charge in [0.1, 0.15) is 5.82 Å². The molecule has 0 aliphatic heterocycles. The van der Waals surface area contributed by atoms with Crippen molar-refractivity contribution >= 4 is 11.6 Å². The number of hydrogen-bond acceptors (Lipinski definition) is 2. The number of para-hydroxylation sites is 1. The van der Waals surface area contributed by atoms with Gasteiger partial charge in [-0.25, -0.2) is 4.39 Å². The van der Waals surface area contributed by atoms with Gasteiger partial charge in [-0.2, -0.15) is 0 Å². The lowest BCUT2D eigenvalue weighted by Crippen LogP contribution is -2.27. The molecule has 0 saturated heterocycles. The van der Waals surface area contributed by atoms with E-state index < -0.39 is 5.82 Å². The van der Waals surface area contributed by atoms with Crippen LogP contribution in [0.3, 0.4) is 0 Å². The number of anilines is 1. The molecule has 0 unspecified atom stereocenters. The molecule has 0 bridgehead atoms. The van der Waals surface area contributed by atoms with Crippen LogP contribution in [0.1, 0.15) is 24.2 Å². The number of nitrogens with one attached hydrogen (secondary N) is 1. The Labute approximate surface area is 95.3 Å². The van der Waals surface area contributed by atoms with Crippen LogP contribution in [0.15, 0.2) is 18.2 Å². The molecule has 16 heavy (non-hydrogen) atoms. The van der Waals surface area contributed by atoms with E-state index in [1.807, 2.05) is 13.8 Å². The molecule has 0 atom stereocenters. The zero-order valence-electron chi connectivity index (χ0n) is 9.88. The first-order valence-electron chi connectivity index (χ1n) is 5.39. The Morgan fingerprint density at radius 2 is 2.12 bits per heavy atom. The maximum Gasteiger partial charge on any atom is 0.255 e. The van der Waals surface area contributed by atoms with Gasteiger partial charge in [0.25, 0.3) is 5.91 Å². The monoisotopic (exact) mass is 224 g/mol. The van der Waals surface area contributed by atoms with Gasteiger partial charge in [0.05, 0.1) is 11.3 Å². The predicted molar refractivity (Wildman–Crippen MR) is 63.2 cm³/mol. The van der Waals surface area contributed by atoms with Crippen LogP contribution in [0.25, 0.3) is 0 Å². The van der Waals surface area contributed by atoms with Gasteiger partial charge in [-0.1, -0.05) is 6.07 Å². The summed E-state index contributed by atoms with van der Waals surface area (Å²) in [5.41, 5.74) is 0.668. The summed E-state index contributed by atoms with van der Waals surface area (Å²) in [4.78, 5) is 13.5. The van der Waals surface area contributed by atoms with Crippen molar-refractivity contribution in [1.29, 1.82) is 0 Å². The van der Waals surface area contributed by atoms with Crippen LogP contribution >= 0.6 is 0 Å². The SMILES string of the molecule is CCNc1c(F)cccc1C(=O)N(C)CC. The molecule has 0 heterocycles. The quantitative estimate of drug-likeness (QED) is 0.851. The van der Waals surface area contributed by atoms with Gasteiger partial charge in [-0.15, -0.1) is 0 Å². The molecule has 1 N–H and O–H groups in total. The third kappa shape index (κ3) is 2.51. The first-order valence-corrected chi connectivity index (χ1v) is 5.39. The van der Waals surface area contributed by atoms with Crippen molar-refractivity contribution in [3.05, 3.63) is 29.6 Å². The van der Waals surface area contributed by atoms with Crippen molar-refractivity contribution in [3.8, 4) is 0 Å². The maximum atomic E-state index is 13.5. The van der Waals surface area contributed by atoms with Gasteiger partial charge in [-0.05, 0) is 26.0 Å². The summed E-state index contributed by atoms with van der Waals surface area (Å²) in [6, 6.07) is 4.53. The van der Waals surface area contributed by atoms with Gasteiger partial charge >= 0.3 is 0 Å². The van der Waals surface area contributed by atoms with E-state index in [1.54, 1.807) is 24.1 Å². The van der Waals surface area contributed by atoms with Crippen molar-refractivity contribution in [1.82, 2.24) is 4.90 Å². The van der Waals surface area contributed by atoms with Crippen molar-refractivity contribution in [3.63, 3.8) is 0 Å². The van der Waals surface area contributed by atoms with E-state index in [0.717, 1.165) is 0 Å². The minimum Gasteiger partial charge on any atom is -0.382 e. The highest BCUT2D eigenvalue weighted by Crippen LogP contribution is 2.20. The molecule has 3 nitrogen and oxygen atoms in total. The number of nitrogens with zero attached hydrogens (tertiary/aromatic N) is 1. The summed E-state index contributed by atoms with van der Waals surface area (Å²) >= 11 is 0. The fourth-order valence-corrected chi connectivity index (χ4v) is 1.41. The number of carbonyl (C=O) groups is 1. The standard InChI is InChI=1S/C12H17FN2O/c1-4-14-11-9(7-6-8-10(11)13)12(16)15(3)5-2/h6-8,14H,4-5H2,1-3H3. The van der Waals surface area contributed by atoms with Gasteiger partial charge in [0.15, 0.2) is 0 Å². The number of carbonyl (C=O) groups excluding carboxylic acids is 1. The highest BCUT2D eigenvalue weighted by molar-refractivity contribution is 5.99. The van der Waals surface area contributed by atoms with Crippen molar-refractivity contribution in [2.24, 2.45) is 0 Å². The minimum absolute atomic E-state index is 0.169. The summed E-state index contributed by atoms with van der Waals surface area (Å²) < 4.78 is 13.5. The van der Waals surface area contributed by atoms with Crippen LogP contribution in [0, 0.1) is 5.82 Å². The summed E-state index contributed by atoms with van der Waals surface area (Å²) in [5.74, 6) is -0.560. The number of amides is 1. The molecule has 4 heteroatoms. The zero-order valence-corrected chi connectivity index (χ0v) is 9.88. The Bertz CT molecular complexity index is 379. The van der Waals surface area contributed by atoms with Crippen molar-refractivity contribution < 1.29 is 9.18 Å². The number of halogens is 1. The lowest BCUT2D eigenvalue weighted by atomic mass is 10.1. The topological polar surface area (TPSA) is 32.3 Å². The van der Waals surface area contributed by atoms with E-state index in [-0.39, 0.29) is 11.6 Å². The molecular formula is C12H17FN2O. The third-order valence-corrected chi connectivity index (χ3v) is 2.42. The van der Waals surface area contributed by atoms with Crippen molar-refractivity contribution in [2.75, 3.05) is 25.5 Å². The largest absolute Gasteiger partial charge is 0.382 e. The van der Waals surface area contributed by atoms with Crippen LogP contribution < -0.4 is 5.32 Å². The molecule has 0 aliphatic carbocycles. The normalized spacial score (nSPS) is 10.0. The maximum absolute atomic E-state index is 13.5. The second kappa shape index (κ2) is 5.49. The first-order chi connectivity index (χ1) is 7.61. The van der Waals surface area contributed by atoms with Crippen LogP contribution in [0.2, 0.25) is 0 Å². The lowest BCUT2D eigenvalue weighted by molar-refractivity contribution is 0.0803.